The number of carbonyl (C=O) groups excluding carboxylic acids is 2. The van der Waals surface area contributed by atoms with E-state index in [0.717, 1.165) is 50.0 Å². The lowest BCUT2D eigenvalue weighted by Gasteiger charge is -2.48. The first-order chi connectivity index (χ1) is 19.2. The Balaban J connectivity index is 1.33. The van der Waals surface area contributed by atoms with Crippen molar-refractivity contribution in [1.82, 2.24) is 14.7 Å². The maximum atomic E-state index is 14.0. The van der Waals surface area contributed by atoms with Crippen LogP contribution in [0.2, 0.25) is 5.02 Å². The molecule has 0 spiro atoms. The SMILES string of the molecule is CC(=O)N(C)C1(c2ccccc2)CCN(CC2CC2(C(=O)N(C)Cc2ccc(F)cc2)c2ccc(Cl)cc2)CC1. The number of hydrogen-bond acceptors (Lipinski definition) is 3. The van der Waals surface area contributed by atoms with Crippen LogP contribution in [0.5, 0.6) is 0 Å². The van der Waals surface area contributed by atoms with Crippen molar-refractivity contribution in [1.29, 1.82) is 0 Å². The van der Waals surface area contributed by atoms with Gasteiger partial charge in [-0.2, -0.15) is 0 Å². The van der Waals surface area contributed by atoms with E-state index in [2.05, 4.69) is 17.0 Å². The number of likely N-dealkylation sites (N-methyl/N-ethyl adjacent to an activating group) is 1. The molecule has 2 aliphatic rings. The maximum absolute atomic E-state index is 14.0. The zero-order chi connectivity index (χ0) is 28.5. The molecule has 0 bridgehead atoms. The minimum Gasteiger partial charge on any atom is -0.341 e. The number of rotatable bonds is 8. The summed E-state index contributed by atoms with van der Waals surface area (Å²) in [6.45, 7) is 4.56. The normalized spacial score (nSPS) is 22.0. The summed E-state index contributed by atoms with van der Waals surface area (Å²) in [7, 11) is 3.73. The fraction of sp³-hybridized carbons (Fsp3) is 0.394. The number of likely N-dealkylation sites (tertiary alicyclic amines) is 1. The molecule has 1 aliphatic heterocycles. The summed E-state index contributed by atoms with van der Waals surface area (Å²) >= 11 is 6.20. The van der Waals surface area contributed by atoms with E-state index >= 15 is 0 Å². The van der Waals surface area contributed by atoms with Crippen molar-refractivity contribution >= 4 is 23.4 Å². The van der Waals surface area contributed by atoms with Crippen LogP contribution in [0.3, 0.4) is 0 Å². The molecule has 5 nitrogen and oxygen atoms in total. The van der Waals surface area contributed by atoms with Crippen molar-refractivity contribution in [2.24, 2.45) is 5.92 Å². The van der Waals surface area contributed by atoms with Gasteiger partial charge in [-0.15, -0.1) is 0 Å². The summed E-state index contributed by atoms with van der Waals surface area (Å²) in [6.07, 6.45) is 2.45. The average molecular weight is 562 g/mol. The molecule has 7 heteroatoms. The van der Waals surface area contributed by atoms with Crippen LogP contribution in [-0.2, 0) is 27.1 Å². The van der Waals surface area contributed by atoms with Gasteiger partial charge in [0.25, 0.3) is 0 Å². The molecular weight excluding hydrogens is 525 g/mol. The van der Waals surface area contributed by atoms with Crippen molar-refractivity contribution in [2.75, 3.05) is 33.7 Å². The minimum absolute atomic E-state index is 0.0658. The van der Waals surface area contributed by atoms with Gasteiger partial charge in [-0.05, 0) is 66.1 Å². The molecule has 0 radical (unpaired) electrons. The molecule has 2 atom stereocenters. The molecule has 2 fully saturated rings. The minimum atomic E-state index is -0.608. The van der Waals surface area contributed by atoms with Crippen LogP contribution in [0.1, 0.15) is 42.9 Å². The van der Waals surface area contributed by atoms with E-state index in [4.69, 9.17) is 11.6 Å². The van der Waals surface area contributed by atoms with Crippen LogP contribution in [0.4, 0.5) is 4.39 Å². The lowest BCUT2D eigenvalue weighted by atomic mass is 9.79. The topological polar surface area (TPSA) is 43.9 Å². The van der Waals surface area contributed by atoms with Crippen LogP contribution in [-0.4, -0.2) is 60.2 Å². The number of piperidine rings is 1. The molecule has 2 amide bonds. The number of hydrogen-bond donors (Lipinski definition) is 0. The third-order valence-electron chi connectivity index (χ3n) is 9.11. The van der Waals surface area contributed by atoms with Gasteiger partial charge in [-0.25, -0.2) is 4.39 Å². The van der Waals surface area contributed by atoms with Gasteiger partial charge in [-0.3, -0.25) is 9.59 Å². The lowest BCUT2D eigenvalue weighted by molar-refractivity contribution is -0.136. The fourth-order valence-corrected chi connectivity index (χ4v) is 6.72. The van der Waals surface area contributed by atoms with Gasteiger partial charge < -0.3 is 14.7 Å². The molecule has 1 saturated heterocycles. The molecule has 5 rings (SSSR count). The maximum Gasteiger partial charge on any atom is 0.233 e. The van der Waals surface area contributed by atoms with Crippen molar-refractivity contribution in [3.8, 4) is 0 Å². The second kappa shape index (κ2) is 11.3. The Bertz CT molecular complexity index is 1340. The highest BCUT2D eigenvalue weighted by atomic mass is 35.5. The van der Waals surface area contributed by atoms with Crippen molar-refractivity contribution in [3.63, 3.8) is 0 Å². The third-order valence-corrected chi connectivity index (χ3v) is 9.37. The predicted molar refractivity (Wildman–Crippen MR) is 156 cm³/mol. The average Bonchev–Trinajstić information content (AvgIpc) is 3.69. The summed E-state index contributed by atoms with van der Waals surface area (Å²) in [5.74, 6) is 0.0312. The Labute approximate surface area is 241 Å². The van der Waals surface area contributed by atoms with Gasteiger partial charge in [-0.1, -0.05) is 66.2 Å². The molecule has 1 aliphatic carbocycles. The second-order valence-corrected chi connectivity index (χ2v) is 11.9. The second-order valence-electron chi connectivity index (χ2n) is 11.4. The van der Waals surface area contributed by atoms with E-state index in [1.807, 2.05) is 61.5 Å². The van der Waals surface area contributed by atoms with Gasteiger partial charge in [0.1, 0.15) is 5.82 Å². The van der Waals surface area contributed by atoms with Gasteiger partial charge >= 0.3 is 0 Å². The van der Waals surface area contributed by atoms with E-state index < -0.39 is 5.41 Å². The van der Waals surface area contributed by atoms with Crippen LogP contribution in [0.25, 0.3) is 0 Å². The van der Waals surface area contributed by atoms with Crippen LogP contribution in [0.15, 0.2) is 78.9 Å². The first kappa shape index (κ1) is 28.3. The van der Waals surface area contributed by atoms with E-state index in [9.17, 15) is 14.0 Å². The first-order valence-corrected chi connectivity index (χ1v) is 14.3. The number of halogens is 2. The first-order valence-electron chi connectivity index (χ1n) is 13.9. The van der Waals surface area contributed by atoms with Gasteiger partial charge in [0.05, 0.1) is 11.0 Å². The quantitative estimate of drug-likeness (QED) is 0.346. The van der Waals surface area contributed by atoms with Crippen LogP contribution in [0, 0.1) is 11.7 Å². The molecule has 0 N–H and O–H groups in total. The molecule has 3 aromatic carbocycles. The summed E-state index contributed by atoms with van der Waals surface area (Å²) in [4.78, 5) is 32.6. The van der Waals surface area contributed by atoms with Gasteiger partial charge in [0, 0.05) is 52.2 Å². The molecular formula is C33H37ClFN3O2. The Hall–Kier alpha value is -3.22. The molecule has 1 heterocycles. The van der Waals surface area contributed by atoms with Crippen molar-refractivity contribution < 1.29 is 14.0 Å². The van der Waals surface area contributed by atoms with Gasteiger partial charge in [0.15, 0.2) is 0 Å². The number of amides is 2. The number of benzene rings is 3. The smallest absolute Gasteiger partial charge is 0.233 e. The van der Waals surface area contributed by atoms with E-state index in [1.165, 1.54) is 17.7 Å². The Morgan fingerprint density at radius 3 is 2.15 bits per heavy atom. The highest BCUT2D eigenvalue weighted by Gasteiger charge is 2.62. The fourth-order valence-electron chi connectivity index (χ4n) is 6.60. The van der Waals surface area contributed by atoms with E-state index in [1.54, 1.807) is 24.0 Å². The largest absolute Gasteiger partial charge is 0.341 e. The number of carbonyl (C=O) groups is 2. The standard InChI is InChI=1S/C33H37ClFN3O2/c1-24(39)37(3)32(26-7-5-4-6-8-26)17-19-38(20-18-32)23-28-21-33(28,27-11-13-29(34)14-12-27)31(40)36(2)22-25-9-15-30(35)16-10-25/h4-16,28H,17-23H2,1-3H3. The molecule has 2 unspecified atom stereocenters. The lowest BCUT2D eigenvalue weighted by Crippen LogP contribution is -2.53. The predicted octanol–water partition coefficient (Wildman–Crippen LogP) is 5.87. The Morgan fingerprint density at radius 1 is 0.925 bits per heavy atom. The Morgan fingerprint density at radius 2 is 1.55 bits per heavy atom. The molecule has 1 saturated carbocycles. The van der Waals surface area contributed by atoms with Crippen molar-refractivity contribution in [3.05, 3.63) is 106 Å². The zero-order valence-corrected chi connectivity index (χ0v) is 24.2. The van der Waals surface area contributed by atoms with Crippen LogP contribution >= 0.6 is 11.6 Å². The third kappa shape index (κ3) is 5.39. The van der Waals surface area contributed by atoms with Crippen LogP contribution < -0.4 is 0 Å². The van der Waals surface area contributed by atoms with E-state index in [-0.39, 0.29) is 29.1 Å². The summed E-state index contributed by atoms with van der Waals surface area (Å²) in [5.41, 5.74) is 2.12. The number of nitrogens with zero attached hydrogens (tertiary/aromatic N) is 3. The summed E-state index contributed by atoms with van der Waals surface area (Å²) in [6, 6.07) is 24.3. The molecule has 40 heavy (non-hydrogen) atoms. The summed E-state index contributed by atoms with van der Waals surface area (Å²) < 4.78 is 13.4. The highest BCUT2D eigenvalue weighted by molar-refractivity contribution is 6.30. The monoisotopic (exact) mass is 561 g/mol. The molecule has 3 aromatic rings. The highest BCUT2D eigenvalue weighted by Crippen LogP contribution is 2.56. The molecule has 0 aromatic heterocycles. The van der Waals surface area contributed by atoms with E-state index in [0.29, 0.717) is 11.6 Å². The molecule has 210 valence electrons. The van der Waals surface area contributed by atoms with Crippen molar-refractivity contribution in [2.45, 2.75) is 43.7 Å². The Kier molecular flexibility index (Phi) is 8.03. The zero-order valence-electron chi connectivity index (χ0n) is 23.4. The summed E-state index contributed by atoms with van der Waals surface area (Å²) in [5, 5.41) is 0.645. The van der Waals surface area contributed by atoms with Gasteiger partial charge in [0.2, 0.25) is 11.8 Å².